The fourth-order valence-corrected chi connectivity index (χ4v) is 8.32. The molecule has 1 rings (SSSR count). The molecule has 11 nitrogen and oxygen atoms in total. The highest BCUT2D eigenvalue weighted by Gasteiger charge is 2.44. The molecule has 1 amide bonds. The molecule has 1 heterocycles. The molecule has 0 radical (unpaired) electrons. The van der Waals surface area contributed by atoms with E-state index in [0.29, 0.717) is 12.8 Å². The largest absolute Gasteiger partial charge is 0.394 e. The van der Waals surface area contributed by atoms with Crippen molar-refractivity contribution in [3.63, 3.8) is 0 Å². The zero-order valence-corrected chi connectivity index (χ0v) is 39.2. The van der Waals surface area contributed by atoms with Gasteiger partial charge in [-0.1, -0.05) is 206 Å². The SMILES string of the molecule is CCCCCC/C=C/CCCC(O)C(O)C(COC1OC(CO)C(O)C(O)C1O)NC(=O)C(O)CCCCCCCCCCCCCCCCCCCCCCCCCCC. The summed E-state index contributed by atoms with van der Waals surface area (Å²) in [7, 11) is 0. The van der Waals surface area contributed by atoms with E-state index in [1.807, 2.05) is 0 Å². The van der Waals surface area contributed by atoms with Gasteiger partial charge in [-0.3, -0.25) is 4.79 Å². The van der Waals surface area contributed by atoms with E-state index in [1.54, 1.807) is 0 Å². The van der Waals surface area contributed by atoms with Crippen LogP contribution in [0.25, 0.3) is 0 Å². The molecule has 0 saturated carbocycles. The molecule has 1 aliphatic heterocycles. The Morgan fingerprint density at radius 1 is 0.557 bits per heavy atom. The minimum atomic E-state index is -1.66. The van der Waals surface area contributed by atoms with Crippen molar-refractivity contribution in [2.24, 2.45) is 0 Å². The van der Waals surface area contributed by atoms with Gasteiger partial charge in [0.15, 0.2) is 6.29 Å². The molecular weight excluding hydrogens is 775 g/mol. The first kappa shape index (κ1) is 57.9. The highest BCUT2D eigenvalue weighted by atomic mass is 16.7. The average molecular weight is 872 g/mol. The number of nitrogens with one attached hydrogen (secondary N) is 1. The normalized spacial score (nSPS) is 21.5. The van der Waals surface area contributed by atoms with Gasteiger partial charge in [-0.05, 0) is 38.5 Å². The number of carbonyl (C=O) groups is 1. The number of hydrogen-bond acceptors (Lipinski definition) is 10. The van der Waals surface area contributed by atoms with Crippen LogP contribution >= 0.6 is 0 Å². The first-order valence-electron chi connectivity index (χ1n) is 25.6. The number of rotatable bonds is 43. The van der Waals surface area contributed by atoms with E-state index in [2.05, 4.69) is 31.3 Å². The van der Waals surface area contributed by atoms with Gasteiger partial charge >= 0.3 is 0 Å². The van der Waals surface area contributed by atoms with Gasteiger partial charge in [0, 0.05) is 0 Å². The molecule has 11 heteroatoms. The lowest BCUT2D eigenvalue weighted by molar-refractivity contribution is -0.303. The van der Waals surface area contributed by atoms with Gasteiger partial charge in [-0.25, -0.2) is 0 Å². The van der Waals surface area contributed by atoms with Gasteiger partial charge in [0.2, 0.25) is 5.91 Å². The lowest BCUT2D eigenvalue weighted by Crippen LogP contribution is -2.60. The molecule has 0 aromatic rings. The number of aliphatic hydroxyl groups is 7. The average Bonchev–Trinajstić information content (AvgIpc) is 3.26. The van der Waals surface area contributed by atoms with Crippen molar-refractivity contribution in [1.82, 2.24) is 5.32 Å². The molecule has 362 valence electrons. The molecule has 1 saturated heterocycles. The summed E-state index contributed by atoms with van der Waals surface area (Å²) >= 11 is 0. The van der Waals surface area contributed by atoms with E-state index in [1.165, 1.54) is 154 Å². The van der Waals surface area contributed by atoms with E-state index in [0.717, 1.165) is 38.5 Å². The minimum Gasteiger partial charge on any atom is -0.394 e. The fourth-order valence-electron chi connectivity index (χ4n) is 8.32. The third-order valence-electron chi connectivity index (χ3n) is 12.6. The Kier molecular flexibility index (Phi) is 38.3. The summed E-state index contributed by atoms with van der Waals surface area (Å²) < 4.78 is 11.1. The smallest absolute Gasteiger partial charge is 0.249 e. The van der Waals surface area contributed by atoms with E-state index in [9.17, 15) is 40.5 Å². The van der Waals surface area contributed by atoms with E-state index < -0.39 is 74.2 Å². The molecule has 1 fully saturated rings. The molecular formula is C50H97NO10. The Balaban J connectivity index is 2.26. The van der Waals surface area contributed by atoms with E-state index >= 15 is 0 Å². The van der Waals surface area contributed by atoms with Crippen molar-refractivity contribution >= 4 is 5.91 Å². The van der Waals surface area contributed by atoms with Crippen LogP contribution < -0.4 is 5.32 Å². The Morgan fingerprint density at radius 3 is 1.41 bits per heavy atom. The lowest BCUT2D eigenvalue weighted by atomic mass is 9.98. The van der Waals surface area contributed by atoms with Crippen LogP contribution in [0.1, 0.15) is 232 Å². The molecule has 9 unspecified atom stereocenters. The van der Waals surface area contributed by atoms with Crippen molar-refractivity contribution in [3.05, 3.63) is 12.2 Å². The molecule has 1 aliphatic rings. The monoisotopic (exact) mass is 872 g/mol. The molecule has 0 aromatic heterocycles. The third kappa shape index (κ3) is 29.8. The second-order valence-corrected chi connectivity index (χ2v) is 18.2. The van der Waals surface area contributed by atoms with Crippen molar-refractivity contribution < 1.29 is 50.0 Å². The summed E-state index contributed by atoms with van der Waals surface area (Å²) in [6.07, 6.45) is 33.0. The second kappa shape index (κ2) is 40.4. The van der Waals surface area contributed by atoms with Crippen LogP contribution in [0.3, 0.4) is 0 Å². The Morgan fingerprint density at radius 2 is 0.967 bits per heavy atom. The first-order chi connectivity index (χ1) is 29.7. The third-order valence-corrected chi connectivity index (χ3v) is 12.6. The van der Waals surface area contributed by atoms with Gasteiger partial charge in [-0.2, -0.15) is 0 Å². The van der Waals surface area contributed by atoms with Gasteiger partial charge in [0.05, 0.1) is 25.4 Å². The molecule has 0 aliphatic carbocycles. The van der Waals surface area contributed by atoms with Gasteiger partial charge in [0.1, 0.15) is 36.6 Å². The maximum Gasteiger partial charge on any atom is 0.249 e. The Labute approximate surface area is 372 Å². The number of allylic oxidation sites excluding steroid dienone is 2. The number of unbranched alkanes of at least 4 members (excludes halogenated alkanes) is 29. The summed E-state index contributed by atoms with van der Waals surface area (Å²) in [6.45, 7) is 3.40. The van der Waals surface area contributed by atoms with Crippen molar-refractivity contribution in [3.8, 4) is 0 Å². The van der Waals surface area contributed by atoms with E-state index in [4.69, 9.17) is 9.47 Å². The predicted octanol–water partition coefficient (Wildman–Crippen LogP) is 9.23. The maximum absolute atomic E-state index is 13.1. The predicted molar refractivity (Wildman–Crippen MR) is 247 cm³/mol. The van der Waals surface area contributed by atoms with Crippen LogP contribution in [0.15, 0.2) is 12.2 Å². The maximum atomic E-state index is 13.1. The summed E-state index contributed by atoms with van der Waals surface area (Å²) in [5.74, 6) is -0.705. The van der Waals surface area contributed by atoms with Gasteiger partial charge < -0.3 is 50.5 Å². The van der Waals surface area contributed by atoms with Crippen LogP contribution in [0.4, 0.5) is 0 Å². The second-order valence-electron chi connectivity index (χ2n) is 18.2. The van der Waals surface area contributed by atoms with Crippen molar-refractivity contribution in [2.45, 2.75) is 287 Å². The Hall–Kier alpha value is -1.15. The Bertz CT molecular complexity index is 1000. The van der Waals surface area contributed by atoms with Gasteiger partial charge in [0.25, 0.3) is 0 Å². The van der Waals surface area contributed by atoms with Crippen LogP contribution in [0, 0.1) is 0 Å². The topological polar surface area (TPSA) is 189 Å². The molecule has 0 bridgehead atoms. The molecule has 0 aromatic carbocycles. The van der Waals surface area contributed by atoms with Crippen LogP contribution in [-0.4, -0.2) is 110 Å². The zero-order chi connectivity index (χ0) is 44.8. The summed E-state index contributed by atoms with van der Waals surface area (Å²) in [6, 6.07) is -1.18. The number of ether oxygens (including phenoxy) is 2. The van der Waals surface area contributed by atoms with Crippen molar-refractivity contribution in [1.29, 1.82) is 0 Å². The number of aliphatic hydroxyl groups excluding tert-OH is 7. The summed E-state index contributed by atoms with van der Waals surface area (Å²) in [5, 5.41) is 75.5. The highest BCUT2D eigenvalue weighted by molar-refractivity contribution is 5.80. The van der Waals surface area contributed by atoms with E-state index in [-0.39, 0.29) is 12.8 Å². The van der Waals surface area contributed by atoms with Crippen LogP contribution in [0.5, 0.6) is 0 Å². The van der Waals surface area contributed by atoms with Gasteiger partial charge in [-0.15, -0.1) is 0 Å². The first-order valence-corrected chi connectivity index (χ1v) is 25.6. The van der Waals surface area contributed by atoms with Crippen LogP contribution in [0.2, 0.25) is 0 Å². The standard InChI is InChI=1S/C50H97NO10/c1-3-5-7-9-11-13-14-15-16-17-18-19-20-21-22-23-24-25-26-27-28-30-32-34-36-38-43(54)49(59)51-41(40-60-50-48(58)47(57)46(56)44(39-52)61-50)45(55)42(53)37-35-33-31-29-12-10-8-6-4-2/h29,31,41-48,50,52-58H,3-28,30,32-40H2,1-2H3,(H,51,59)/b31-29+. The molecule has 8 N–H and O–H groups in total. The summed E-state index contributed by atoms with van der Waals surface area (Å²) in [4.78, 5) is 13.1. The number of hydrogen-bond donors (Lipinski definition) is 8. The molecule has 61 heavy (non-hydrogen) atoms. The highest BCUT2D eigenvalue weighted by Crippen LogP contribution is 2.23. The summed E-state index contributed by atoms with van der Waals surface area (Å²) in [5.41, 5.74) is 0. The lowest BCUT2D eigenvalue weighted by Gasteiger charge is -2.40. The quantitative estimate of drug-likeness (QED) is 0.0217. The zero-order valence-electron chi connectivity index (χ0n) is 39.2. The van der Waals surface area contributed by atoms with Crippen molar-refractivity contribution in [2.75, 3.05) is 13.2 Å². The minimum absolute atomic E-state index is 0.259. The molecule has 9 atom stereocenters. The molecule has 0 spiro atoms. The number of amides is 1. The number of carbonyl (C=O) groups excluding carboxylic acids is 1. The fraction of sp³-hybridized carbons (Fsp3) is 0.940. The van der Waals surface area contributed by atoms with Crippen LogP contribution in [-0.2, 0) is 14.3 Å².